The van der Waals surface area contributed by atoms with Crippen LogP contribution in [0.25, 0.3) is 0 Å². The Bertz CT molecular complexity index is 573. The van der Waals surface area contributed by atoms with Gasteiger partial charge in [-0.1, -0.05) is 47.5 Å². The van der Waals surface area contributed by atoms with E-state index in [0.717, 1.165) is 13.0 Å². The normalized spacial score (nSPS) is 12.4. The molecule has 112 valence electrons. The molecule has 0 saturated heterocycles. The van der Waals surface area contributed by atoms with Crippen molar-refractivity contribution in [1.82, 2.24) is 5.32 Å². The van der Waals surface area contributed by atoms with Gasteiger partial charge in [0, 0.05) is 12.5 Å². The number of aryl methyl sites for hydroxylation is 4. The molecule has 2 aromatic carbocycles. The Morgan fingerprint density at radius 2 is 1.43 bits per heavy atom. The molecule has 1 heteroatoms. The molecule has 0 aliphatic heterocycles. The molecule has 1 atom stereocenters. The summed E-state index contributed by atoms with van der Waals surface area (Å²) in [4.78, 5) is 0. The highest BCUT2D eigenvalue weighted by Gasteiger charge is 2.14. The molecule has 0 fully saturated rings. The summed E-state index contributed by atoms with van der Waals surface area (Å²) in [6.45, 7) is 9.80. The van der Waals surface area contributed by atoms with Gasteiger partial charge in [-0.3, -0.25) is 0 Å². The molecule has 0 bridgehead atoms. The molecule has 2 rings (SSSR count). The Kier molecular flexibility index (Phi) is 5.19. The largest absolute Gasteiger partial charge is 0.319 e. The predicted octanol–water partition coefficient (Wildman–Crippen LogP) is 4.47. The average molecular weight is 281 g/mol. The maximum Gasteiger partial charge on any atom is 0.00203 e. The minimum absolute atomic E-state index is 0.524. The summed E-state index contributed by atoms with van der Waals surface area (Å²) >= 11 is 0. The monoisotopic (exact) mass is 281 g/mol. The second-order valence-corrected chi connectivity index (χ2v) is 6.25. The molecule has 1 nitrogen and oxygen atoms in total. The SMILES string of the molecule is CNCC(Cc1c(C)cc(C)cc1C)c1ccc(C)cc1. The van der Waals surface area contributed by atoms with E-state index in [1.807, 2.05) is 7.05 Å². The molecule has 0 heterocycles. The van der Waals surface area contributed by atoms with Crippen LogP contribution in [0.15, 0.2) is 36.4 Å². The van der Waals surface area contributed by atoms with Crippen LogP contribution in [0.1, 0.15) is 39.3 Å². The van der Waals surface area contributed by atoms with Crippen LogP contribution in [0.4, 0.5) is 0 Å². The van der Waals surface area contributed by atoms with Crippen LogP contribution in [0.5, 0.6) is 0 Å². The van der Waals surface area contributed by atoms with E-state index >= 15 is 0 Å². The summed E-state index contributed by atoms with van der Waals surface area (Å²) in [5.74, 6) is 0.524. The molecule has 0 saturated carbocycles. The van der Waals surface area contributed by atoms with Crippen molar-refractivity contribution >= 4 is 0 Å². The molecule has 1 N–H and O–H groups in total. The zero-order valence-corrected chi connectivity index (χ0v) is 14.0. The summed E-state index contributed by atoms with van der Waals surface area (Å²) < 4.78 is 0. The van der Waals surface area contributed by atoms with Crippen molar-refractivity contribution in [2.24, 2.45) is 0 Å². The average Bonchev–Trinajstić information content (AvgIpc) is 2.42. The number of benzene rings is 2. The minimum atomic E-state index is 0.524. The molecule has 0 amide bonds. The van der Waals surface area contributed by atoms with Crippen LogP contribution in [-0.4, -0.2) is 13.6 Å². The summed E-state index contributed by atoms with van der Waals surface area (Å²) in [5, 5.41) is 3.35. The van der Waals surface area contributed by atoms with Gasteiger partial charge < -0.3 is 5.32 Å². The van der Waals surface area contributed by atoms with Gasteiger partial charge in [0.2, 0.25) is 0 Å². The number of nitrogens with one attached hydrogen (secondary N) is 1. The van der Waals surface area contributed by atoms with Crippen molar-refractivity contribution in [2.75, 3.05) is 13.6 Å². The highest BCUT2D eigenvalue weighted by Crippen LogP contribution is 2.25. The van der Waals surface area contributed by atoms with Crippen LogP contribution < -0.4 is 5.32 Å². The van der Waals surface area contributed by atoms with Crippen molar-refractivity contribution < 1.29 is 0 Å². The number of likely N-dealkylation sites (N-methyl/N-ethyl adjacent to an activating group) is 1. The molecule has 21 heavy (non-hydrogen) atoms. The predicted molar refractivity (Wildman–Crippen MR) is 92.2 cm³/mol. The first-order valence-corrected chi connectivity index (χ1v) is 7.79. The fourth-order valence-corrected chi connectivity index (χ4v) is 3.17. The van der Waals surface area contributed by atoms with Gasteiger partial charge >= 0.3 is 0 Å². The maximum atomic E-state index is 3.35. The lowest BCUT2D eigenvalue weighted by Gasteiger charge is -2.20. The number of hydrogen-bond acceptors (Lipinski definition) is 1. The Hall–Kier alpha value is -1.60. The van der Waals surface area contributed by atoms with E-state index in [1.165, 1.54) is 33.4 Å². The van der Waals surface area contributed by atoms with Gasteiger partial charge in [-0.2, -0.15) is 0 Å². The van der Waals surface area contributed by atoms with Crippen LogP contribution >= 0.6 is 0 Å². The van der Waals surface area contributed by atoms with E-state index in [2.05, 4.69) is 69.4 Å². The third-order valence-corrected chi connectivity index (χ3v) is 4.29. The quantitative estimate of drug-likeness (QED) is 0.853. The molecule has 0 aromatic heterocycles. The van der Waals surface area contributed by atoms with Crippen molar-refractivity contribution in [3.8, 4) is 0 Å². The molecule has 0 aliphatic carbocycles. The third kappa shape index (κ3) is 3.95. The lowest BCUT2D eigenvalue weighted by molar-refractivity contribution is 0.622. The van der Waals surface area contributed by atoms with Crippen molar-refractivity contribution in [2.45, 2.75) is 40.0 Å². The Balaban J connectivity index is 2.30. The van der Waals surface area contributed by atoms with Gasteiger partial charge in [0.05, 0.1) is 0 Å². The van der Waals surface area contributed by atoms with E-state index in [-0.39, 0.29) is 0 Å². The second-order valence-electron chi connectivity index (χ2n) is 6.25. The van der Waals surface area contributed by atoms with E-state index in [0.29, 0.717) is 5.92 Å². The van der Waals surface area contributed by atoms with Gasteiger partial charge in [-0.15, -0.1) is 0 Å². The van der Waals surface area contributed by atoms with E-state index in [1.54, 1.807) is 0 Å². The highest BCUT2D eigenvalue weighted by atomic mass is 14.8. The third-order valence-electron chi connectivity index (χ3n) is 4.29. The van der Waals surface area contributed by atoms with Crippen LogP contribution in [0.3, 0.4) is 0 Å². The topological polar surface area (TPSA) is 12.0 Å². The maximum absolute atomic E-state index is 3.35. The first-order chi connectivity index (χ1) is 10.0. The minimum Gasteiger partial charge on any atom is -0.319 e. The van der Waals surface area contributed by atoms with Gasteiger partial charge in [0.25, 0.3) is 0 Å². The van der Waals surface area contributed by atoms with Gasteiger partial charge in [-0.05, 0) is 63.4 Å². The van der Waals surface area contributed by atoms with Crippen LogP contribution in [0.2, 0.25) is 0 Å². The number of hydrogen-bond donors (Lipinski definition) is 1. The van der Waals surface area contributed by atoms with E-state index in [9.17, 15) is 0 Å². The van der Waals surface area contributed by atoms with Crippen LogP contribution in [0, 0.1) is 27.7 Å². The molecule has 1 unspecified atom stereocenters. The summed E-state index contributed by atoms with van der Waals surface area (Å²) in [5.41, 5.74) is 8.44. The standard InChI is InChI=1S/C20H27N/c1-14-6-8-18(9-7-14)19(13-21-5)12-20-16(3)10-15(2)11-17(20)4/h6-11,19,21H,12-13H2,1-5H3. The first-order valence-electron chi connectivity index (χ1n) is 7.79. The summed E-state index contributed by atoms with van der Waals surface area (Å²) in [6, 6.07) is 13.6. The summed E-state index contributed by atoms with van der Waals surface area (Å²) in [6.07, 6.45) is 1.10. The van der Waals surface area contributed by atoms with E-state index < -0.39 is 0 Å². The first kappa shape index (κ1) is 15.8. The second kappa shape index (κ2) is 6.91. The smallest absolute Gasteiger partial charge is 0.00203 e. The van der Waals surface area contributed by atoms with Gasteiger partial charge in [0.15, 0.2) is 0 Å². The van der Waals surface area contributed by atoms with Crippen molar-refractivity contribution in [3.05, 3.63) is 69.8 Å². The zero-order valence-electron chi connectivity index (χ0n) is 14.0. The van der Waals surface area contributed by atoms with E-state index in [4.69, 9.17) is 0 Å². The van der Waals surface area contributed by atoms with Crippen molar-refractivity contribution in [3.63, 3.8) is 0 Å². The molecule has 0 aliphatic rings. The van der Waals surface area contributed by atoms with Gasteiger partial charge in [0.1, 0.15) is 0 Å². The van der Waals surface area contributed by atoms with Crippen LogP contribution in [-0.2, 0) is 6.42 Å². The Morgan fingerprint density at radius 3 is 1.95 bits per heavy atom. The van der Waals surface area contributed by atoms with Crippen molar-refractivity contribution in [1.29, 1.82) is 0 Å². The lowest BCUT2D eigenvalue weighted by Crippen LogP contribution is -2.20. The molecular weight excluding hydrogens is 254 g/mol. The molecule has 0 radical (unpaired) electrons. The fourth-order valence-electron chi connectivity index (χ4n) is 3.17. The highest BCUT2D eigenvalue weighted by molar-refractivity contribution is 5.39. The Morgan fingerprint density at radius 1 is 0.857 bits per heavy atom. The Labute approximate surface area is 129 Å². The molecule has 2 aromatic rings. The number of rotatable bonds is 5. The fraction of sp³-hybridized carbons (Fsp3) is 0.400. The zero-order chi connectivity index (χ0) is 15.4. The van der Waals surface area contributed by atoms with Gasteiger partial charge in [-0.25, -0.2) is 0 Å². The molecule has 0 spiro atoms. The summed E-state index contributed by atoms with van der Waals surface area (Å²) in [7, 11) is 2.04. The lowest BCUT2D eigenvalue weighted by atomic mass is 9.87. The molecular formula is C20H27N.